The molecule has 13 heavy (non-hydrogen) atoms. The molecule has 3 heteroatoms. The van der Waals surface area contributed by atoms with E-state index in [-0.39, 0.29) is 0 Å². The SMILES string of the molecule is CC(C)c1n[nH]c2c1COCCC2. The number of hydrogen-bond donors (Lipinski definition) is 1. The number of ether oxygens (including phenoxy) is 1. The second-order valence-electron chi connectivity index (χ2n) is 3.88. The summed E-state index contributed by atoms with van der Waals surface area (Å²) in [5.41, 5.74) is 3.76. The van der Waals surface area contributed by atoms with Gasteiger partial charge in [0.1, 0.15) is 0 Å². The molecule has 0 saturated heterocycles. The summed E-state index contributed by atoms with van der Waals surface area (Å²) in [7, 11) is 0. The van der Waals surface area contributed by atoms with Crippen molar-refractivity contribution in [2.75, 3.05) is 6.61 Å². The van der Waals surface area contributed by atoms with Gasteiger partial charge in [0, 0.05) is 17.9 Å². The van der Waals surface area contributed by atoms with Gasteiger partial charge in [-0.15, -0.1) is 0 Å². The largest absolute Gasteiger partial charge is 0.377 e. The second-order valence-corrected chi connectivity index (χ2v) is 3.88. The summed E-state index contributed by atoms with van der Waals surface area (Å²) in [4.78, 5) is 0. The van der Waals surface area contributed by atoms with Crippen molar-refractivity contribution >= 4 is 0 Å². The van der Waals surface area contributed by atoms with Crippen LogP contribution < -0.4 is 0 Å². The van der Waals surface area contributed by atoms with Crippen LogP contribution in [0, 0.1) is 0 Å². The molecule has 2 rings (SSSR count). The molecular formula is C10H16N2O. The molecule has 1 N–H and O–H groups in total. The van der Waals surface area contributed by atoms with E-state index >= 15 is 0 Å². The van der Waals surface area contributed by atoms with Gasteiger partial charge in [0.05, 0.1) is 12.3 Å². The molecule has 0 aliphatic carbocycles. The van der Waals surface area contributed by atoms with Crippen molar-refractivity contribution in [2.45, 2.75) is 39.2 Å². The first-order chi connectivity index (χ1) is 6.29. The fourth-order valence-electron chi connectivity index (χ4n) is 1.79. The van der Waals surface area contributed by atoms with Crippen LogP contribution in [0.15, 0.2) is 0 Å². The maximum atomic E-state index is 5.51. The highest BCUT2D eigenvalue weighted by Gasteiger charge is 2.17. The maximum Gasteiger partial charge on any atom is 0.0753 e. The van der Waals surface area contributed by atoms with Crippen molar-refractivity contribution in [2.24, 2.45) is 0 Å². The Hall–Kier alpha value is -0.830. The molecule has 0 fully saturated rings. The Bertz CT molecular complexity index is 291. The molecule has 0 unspecified atom stereocenters. The first-order valence-corrected chi connectivity index (χ1v) is 4.93. The summed E-state index contributed by atoms with van der Waals surface area (Å²) >= 11 is 0. The zero-order valence-electron chi connectivity index (χ0n) is 8.26. The molecule has 1 aliphatic rings. The van der Waals surface area contributed by atoms with E-state index in [1.165, 1.54) is 17.0 Å². The lowest BCUT2D eigenvalue weighted by atomic mass is 10.0. The van der Waals surface area contributed by atoms with Crippen LogP contribution in [0.2, 0.25) is 0 Å². The fourth-order valence-corrected chi connectivity index (χ4v) is 1.79. The summed E-state index contributed by atoms with van der Waals surface area (Å²) in [5.74, 6) is 0.488. The number of H-pyrrole nitrogens is 1. The maximum absolute atomic E-state index is 5.51. The minimum atomic E-state index is 0.488. The van der Waals surface area contributed by atoms with Crippen molar-refractivity contribution in [3.8, 4) is 0 Å². The van der Waals surface area contributed by atoms with Gasteiger partial charge in [-0.3, -0.25) is 5.10 Å². The van der Waals surface area contributed by atoms with Crippen LogP contribution in [-0.2, 0) is 17.8 Å². The number of aryl methyl sites for hydroxylation is 1. The number of nitrogens with one attached hydrogen (secondary N) is 1. The molecule has 0 spiro atoms. The predicted octanol–water partition coefficient (Wildman–Crippen LogP) is 2.00. The summed E-state index contributed by atoms with van der Waals surface area (Å²) in [6.07, 6.45) is 2.18. The topological polar surface area (TPSA) is 37.9 Å². The molecule has 1 aromatic heterocycles. The minimum absolute atomic E-state index is 0.488. The van der Waals surface area contributed by atoms with Gasteiger partial charge in [0.25, 0.3) is 0 Å². The van der Waals surface area contributed by atoms with Crippen molar-refractivity contribution in [1.29, 1.82) is 0 Å². The molecule has 3 nitrogen and oxygen atoms in total. The molecule has 0 radical (unpaired) electrons. The molecule has 1 aromatic rings. The van der Waals surface area contributed by atoms with Crippen LogP contribution in [0.1, 0.15) is 43.1 Å². The van der Waals surface area contributed by atoms with Gasteiger partial charge >= 0.3 is 0 Å². The van der Waals surface area contributed by atoms with Gasteiger partial charge in [0.15, 0.2) is 0 Å². The highest BCUT2D eigenvalue weighted by atomic mass is 16.5. The van der Waals surface area contributed by atoms with Crippen LogP contribution >= 0.6 is 0 Å². The molecule has 0 amide bonds. The minimum Gasteiger partial charge on any atom is -0.377 e. The van der Waals surface area contributed by atoms with Gasteiger partial charge in [-0.1, -0.05) is 13.8 Å². The van der Waals surface area contributed by atoms with E-state index in [9.17, 15) is 0 Å². The highest BCUT2D eigenvalue weighted by Crippen LogP contribution is 2.23. The third-order valence-corrected chi connectivity index (χ3v) is 2.49. The smallest absolute Gasteiger partial charge is 0.0753 e. The van der Waals surface area contributed by atoms with Gasteiger partial charge in [0.2, 0.25) is 0 Å². The number of hydrogen-bond acceptors (Lipinski definition) is 2. The van der Waals surface area contributed by atoms with Crippen LogP contribution in [0.4, 0.5) is 0 Å². The number of fused-ring (bicyclic) bond motifs is 1. The quantitative estimate of drug-likeness (QED) is 0.717. The van der Waals surface area contributed by atoms with E-state index in [4.69, 9.17) is 4.74 Å². The molecule has 0 bridgehead atoms. The zero-order chi connectivity index (χ0) is 9.26. The Morgan fingerprint density at radius 3 is 3.08 bits per heavy atom. The summed E-state index contributed by atoms with van der Waals surface area (Å²) in [5, 5.41) is 7.45. The number of aromatic amines is 1. The first-order valence-electron chi connectivity index (χ1n) is 4.93. The molecular weight excluding hydrogens is 164 g/mol. The molecule has 2 heterocycles. The van der Waals surface area contributed by atoms with Gasteiger partial charge in [-0.05, 0) is 18.8 Å². The molecule has 0 aromatic carbocycles. The van der Waals surface area contributed by atoms with Crippen molar-refractivity contribution in [3.63, 3.8) is 0 Å². The lowest BCUT2D eigenvalue weighted by Crippen LogP contribution is -1.97. The Labute approximate surface area is 78.5 Å². The van der Waals surface area contributed by atoms with Gasteiger partial charge in [-0.2, -0.15) is 5.10 Å². The molecule has 72 valence electrons. The van der Waals surface area contributed by atoms with Gasteiger partial charge in [-0.25, -0.2) is 0 Å². The summed E-state index contributed by atoms with van der Waals surface area (Å²) in [6, 6.07) is 0. The van der Waals surface area contributed by atoms with Crippen LogP contribution in [0.25, 0.3) is 0 Å². The zero-order valence-corrected chi connectivity index (χ0v) is 8.26. The van der Waals surface area contributed by atoms with Gasteiger partial charge < -0.3 is 4.74 Å². The van der Waals surface area contributed by atoms with E-state index in [2.05, 4.69) is 24.0 Å². The number of rotatable bonds is 1. The molecule has 0 saturated carbocycles. The average Bonchev–Trinajstić information content (AvgIpc) is 2.36. The Morgan fingerprint density at radius 2 is 2.31 bits per heavy atom. The van der Waals surface area contributed by atoms with Crippen molar-refractivity contribution < 1.29 is 4.74 Å². The second kappa shape index (κ2) is 3.50. The van der Waals surface area contributed by atoms with Crippen LogP contribution in [0.5, 0.6) is 0 Å². The van der Waals surface area contributed by atoms with Crippen molar-refractivity contribution in [3.05, 3.63) is 17.0 Å². The third kappa shape index (κ3) is 1.61. The number of aromatic nitrogens is 2. The third-order valence-electron chi connectivity index (χ3n) is 2.49. The highest BCUT2D eigenvalue weighted by molar-refractivity contribution is 5.27. The Morgan fingerprint density at radius 1 is 1.46 bits per heavy atom. The van der Waals surface area contributed by atoms with E-state index < -0.39 is 0 Å². The lowest BCUT2D eigenvalue weighted by molar-refractivity contribution is 0.124. The van der Waals surface area contributed by atoms with E-state index in [1.807, 2.05) is 0 Å². The Kier molecular flexibility index (Phi) is 2.36. The van der Waals surface area contributed by atoms with E-state index in [1.54, 1.807) is 0 Å². The standard InChI is InChI=1S/C10H16N2O/c1-7(2)10-8-6-13-5-3-4-9(8)11-12-10/h7H,3-6H2,1-2H3,(H,11,12). The first kappa shape index (κ1) is 8.75. The predicted molar refractivity (Wildman–Crippen MR) is 50.7 cm³/mol. The van der Waals surface area contributed by atoms with Crippen LogP contribution in [-0.4, -0.2) is 16.8 Å². The fraction of sp³-hybridized carbons (Fsp3) is 0.700. The van der Waals surface area contributed by atoms with Crippen LogP contribution in [0.3, 0.4) is 0 Å². The molecule has 0 atom stereocenters. The van der Waals surface area contributed by atoms with E-state index in [0.29, 0.717) is 5.92 Å². The van der Waals surface area contributed by atoms with Crippen molar-refractivity contribution in [1.82, 2.24) is 10.2 Å². The average molecular weight is 180 g/mol. The monoisotopic (exact) mass is 180 g/mol. The lowest BCUT2D eigenvalue weighted by Gasteiger charge is -2.04. The normalized spacial score (nSPS) is 17.2. The van der Waals surface area contributed by atoms with E-state index in [0.717, 1.165) is 26.1 Å². The number of nitrogens with zero attached hydrogens (tertiary/aromatic N) is 1. The summed E-state index contributed by atoms with van der Waals surface area (Å²) in [6.45, 7) is 5.95. The molecule has 1 aliphatic heterocycles. The summed E-state index contributed by atoms with van der Waals surface area (Å²) < 4.78 is 5.51. The Balaban J connectivity index is 2.34.